The summed E-state index contributed by atoms with van der Waals surface area (Å²) in [5.74, 6) is 0.905. The number of hydrogen-bond donors (Lipinski definition) is 1. The summed E-state index contributed by atoms with van der Waals surface area (Å²) >= 11 is 0. The summed E-state index contributed by atoms with van der Waals surface area (Å²) < 4.78 is 36.1. The summed E-state index contributed by atoms with van der Waals surface area (Å²) in [4.78, 5) is 6.77. The lowest BCUT2D eigenvalue weighted by molar-refractivity contribution is -0.0498. The van der Waals surface area contributed by atoms with Crippen LogP contribution >= 0.6 is 0 Å². The van der Waals surface area contributed by atoms with E-state index in [9.17, 15) is 8.78 Å². The number of ether oxygens (including phenoxy) is 2. The Hall–Kier alpha value is -2.68. The van der Waals surface area contributed by atoms with Gasteiger partial charge >= 0.3 is 6.61 Å². The molecule has 2 aromatic rings. The van der Waals surface area contributed by atoms with Crippen LogP contribution in [0.1, 0.15) is 29.4 Å². The Morgan fingerprint density at radius 2 is 1.97 bits per heavy atom. The van der Waals surface area contributed by atoms with Gasteiger partial charge in [-0.15, -0.1) is 0 Å². The largest absolute Gasteiger partial charge is 0.435 e. The third-order valence-electron chi connectivity index (χ3n) is 4.69. The number of hydrogen-bond acceptors (Lipinski definition) is 4. The van der Waals surface area contributed by atoms with E-state index in [4.69, 9.17) is 9.73 Å². The maximum Gasteiger partial charge on any atom is 0.387 e. The molecule has 0 aliphatic rings. The van der Waals surface area contributed by atoms with Gasteiger partial charge in [-0.1, -0.05) is 12.1 Å². The fourth-order valence-electron chi connectivity index (χ4n) is 3.11. The van der Waals surface area contributed by atoms with Crippen LogP contribution in [0, 0.1) is 13.8 Å². The highest BCUT2D eigenvalue weighted by atomic mass is 19.3. The summed E-state index contributed by atoms with van der Waals surface area (Å²) in [6, 6.07) is 6.62. The second-order valence-corrected chi connectivity index (χ2v) is 6.91. The molecule has 0 saturated carbocycles. The third kappa shape index (κ3) is 6.69. The molecule has 7 nitrogen and oxygen atoms in total. The minimum atomic E-state index is -2.82. The predicted octanol–water partition coefficient (Wildman–Crippen LogP) is 3.35. The molecule has 166 valence electrons. The minimum absolute atomic E-state index is 0.147. The number of benzene rings is 1. The fraction of sp³-hybridized carbons (Fsp3) is 0.524. The highest BCUT2D eigenvalue weighted by Crippen LogP contribution is 2.17. The van der Waals surface area contributed by atoms with Gasteiger partial charge in [0.15, 0.2) is 5.96 Å². The van der Waals surface area contributed by atoms with Crippen molar-refractivity contribution in [2.75, 3.05) is 27.3 Å². The Kier molecular flexibility index (Phi) is 9.04. The molecule has 1 N–H and O–H groups in total. The van der Waals surface area contributed by atoms with E-state index < -0.39 is 6.61 Å². The van der Waals surface area contributed by atoms with Gasteiger partial charge in [0.1, 0.15) is 5.75 Å². The first-order valence-corrected chi connectivity index (χ1v) is 9.90. The molecule has 0 saturated heterocycles. The van der Waals surface area contributed by atoms with Gasteiger partial charge in [0, 0.05) is 38.5 Å². The van der Waals surface area contributed by atoms with E-state index in [1.54, 1.807) is 31.4 Å². The number of alkyl halides is 2. The maximum absolute atomic E-state index is 12.3. The van der Waals surface area contributed by atoms with Crippen LogP contribution in [0.15, 0.2) is 29.3 Å². The molecule has 0 radical (unpaired) electrons. The topological polar surface area (TPSA) is 63.9 Å². The molecule has 1 aromatic heterocycles. The highest BCUT2D eigenvalue weighted by molar-refractivity contribution is 5.79. The van der Waals surface area contributed by atoms with E-state index >= 15 is 0 Å². The minimum Gasteiger partial charge on any atom is -0.435 e. The average molecular weight is 424 g/mol. The van der Waals surface area contributed by atoms with E-state index in [0.29, 0.717) is 26.2 Å². The van der Waals surface area contributed by atoms with Crippen molar-refractivity contribution >= 4 is 5.96 Å². The number of nitrogens with one attached hydrogen (secondary N) is 1. The molecule has 0 aliphatic carbocycles. The Morgan fingerprint density at radius 1 is 1.27 bits per heavy atom. The van der Waals surface area contributed by atoms with Gasteiger partial charge in [0.2, 0.25) is 0 Å². The molecule has 0 bridgehead atoms. The molecular formula is C21H31F2N5O2. The fourth-order valence-corrected chi connectivity index (χ4v) is 3.11. The van der Waals surface area contributed by atoms with Crippen molar-refractivity contribution in [2.24, 2.45) is 4.99 Å². The first-order chi connectivity index (χ1) is 14.3. The number of guanidine groups is 1. The van der Waals surface area contributed by atoms with Crippen molar-refractivity contribution in [3.05, 3.63) is 46.8 Å². The lowest BCUT2D eigenvalue weighted by Crippen LogP contribution is -2.38. The number of aryl methyl sites for hydroxylation is 1. The van der Waals surface area contributed by atoms with Crippen molar-refractivity contribution in [1.82, 2.24) is 20.0 Å². The van der Waals surface area contributed by atoms with Crippen molar-refractivity contribution in [2.45, 2.75) is 47.0 Å². The van der Waals surface area contributed by atoms with Crippen LogP contribution in [0.3, 0.4) is 0 Å². The van der Waals surface area contributed by atoms with E-state index in [-0.39, 0.29) is 5.75 Å². The van der Waals surface area contributed by atoms with Crippen LogP contribution in [0.2, 0.25) is 0 Å². The van der Waals surface area contributed by atoms with Gasteiger partial charge < -0.3 is 19.7 Å². The van der Waals surface area contributed by atoms with Crippen molar-refractivity contribution in [3.63, 3.8) is 0 Å². The molecule has 30 heavy (non-hydrogen) atoms. The van der Waals surface area contributed by atoms with Crippen LogP contribution in [0.5, 0.6) is 5.75 Å². The zero-order chi connectivity index (χ0) is 22.1. The summed E-state index contributed by atoms with van der Waals surface area (Å²) in [7, 11) is 3.61. The number of nitrogens with zero attached hydrogens (tertiary/aromatic N) is 4. The lowest BCUT2D eigenvalue weighted by Gasteiger charge is -2.22. The molecule has 0 atom stereocenters. The molecule has 9 heteroatoms. The van der Waals surface area contributed by atoms with Gasteiger partial charge in [-0.05, 0) is 38.5 Å². The maximum atomic E-state index is 12.3. The van der Waals surface area contributed by atoms with E-state index in [1.807, 2.05) is 37.4 Å². The van der Waals surface area contributed by atoms with Crippen LogP contribution < -0.4 is 10.1 Å². The SMILES string of the molecule is CCNC(=NCc1c(C)nn(CCOC)c1C)N(C)Cc1ccc(OC(F)F)cc1. The van der Waals surface area contributed by atoms with Crippen LogP contribution in [-0.4, -0.2) is 54.6 Å². The predicted molar refractivity (Wildman–Crippen MR) is 113 cm³/mol. The third-order valence-corrected chi connectivity index (χ3v) is 4.69. The van der Waals surface area contributed by atoms with Crippen LogP contribution in [-0.2, 0) is 24.4 Å². The molecule has 0 unspecified atom stereocenters. The van der Waals surface area contributed by atoms with Gasteiger partial charge in [0.25, 0.3) is 0 Å². The standard InChI is InChI=1S/C21H31F2N5O2/c1-6-24-21(25-13-19-15(2)26-28(16(19)3)11-12-29-5)27(4)14-17-7-9-18(10-8-17)30-20(22)23/h7-10,20H,6,11-14H2,1-5H3,(H,24,25). The van der Waals surface area contributed by atoms with E-state index in [1.165, 1.54) is 0 Å². The number of rotatable bonds is 10. The Labute approximate surface area is 176 Å². The number of aliphatic imine (C=N–C) groups is 1. The molecular weight excluding hydrogens is 392 g/mol. The molecule has 1 heterocycles. The van der Waals surface area contributed by atoms with E-state index in [2.05, 4.69) is 15.2 Å². The Balaban J connectivity index is 2.09. The quantitative estimate of drug-likeness (QED) is 0.469. The van der Waals surface area contributed by atoms with E-state index in [0.717, 1.165) is 35.0 Å². The van der Waals surface area contributed by atoms with Crippen molar-refractivity contribution in [1.29, 1.82) is 0 Å². The first-order valence-electron chi connectivity index (χ1n) is 9.90. The molecule has 1 aromatic carbocycles. The Bertz CT molecular complexity index is 822. The van der Waals surface area contributed by atoms with Gasteiger partial charge in [0.05, 0.1) is 25.4 Å². The normalized spacial score (nSPS) is 11.8. The number of halogens is 2. The van der Waals surface area contributed by atoms with Gasteiger partial charge in [-0.3, -0.25) is 4.68 Å². The van der Waals surface area contributed by atoms with Crippen LogP contribution in [0.25, 0.3) is 0 Å². The zero-order valence-electron chi connectivity index (χ0n) is 18.3. The highest BCUT2D eigenvalue weighted by Gasteiger charge is 2.13. The second kappa shape index (κ2) is 11.5. The average Bonchev–Trinajstić information content (AvgIpc) is 2.97. The molecule has 0 amide bonds. The summed E-state index contributed by atoms with van der Waals surface area (Å²) in [6.45, 7) is 6.35. The van der Waals surface area contributed by atoms with Crippen LogP contribution in [0.4, 0.5) is 8.78 Å². The summed E-state index contributed by atoms with van der Waals surface area (Å²) in [6.07, 6.45) is 0. The summed E-state index contributed by atoms with van der Waals surface area (Å²) in [5.41, 5.74) is 4.11. The molecule has 0 spiro atoms. The van der Waals surface area contributed by atoms with Gasteiger partial charge in [-0.25, -0.2) is 4.99 Å². The molecule has 2 rings (SSSR count). The smallest absolute Gasteiger partial charge is 0.387 e. The number of methoxy groups -OCH3 is 1. The van der Waals surface area contributed by atoms with Crippen molar-refractivity contribution < 1.29 is 18.3 Å². The molecule has 0 fully saturated rings. The Morgan fingerprint density at radius 3 is 2.57 bits per heavy atom. The monoisotopic (exact) mass is 423 g/mol. The zero-order valence-corrected chi connectivity index (χ0v) is 18.3. The van der Waals surface area contributed by atoms with Gasteiger partial charge in [-0.2, -0.15) is 13.9 Å². The number of aromatic nitrogens is 2. The first kappa shape index (κ1) is 23.6. The summed E-state index contributed by atoms with van der Waals surface area (Å²) in [5, 5.41) is 7.88. The second-order valence-electron chi connectivity index (χ2n) is 6.91. The van der Waals surface area contributed by atoms with Crippen molar-refractivity contribution in [3.8, 4) is 5.75 Å². The lowest BCUT2D eigenvalue weighted by atomic mass is 10.2. The molecule has 0 aliphatic heterocycles.